The van der Waals surface area contributed by atoms with Crippen LogP contribution in [0.5, 0.6) is 0 Å². The molecule has 0 fully saturated rings. The normalized spacial score (nSPS) is 12.4. The van der Waals surface area contributed by atoms with Crippen LogP contribution < -0.4 is 4.57 Å². The molecule has 1 unspecified atom stereocenters. The molecule has 0 saturated heterocycles. The van der Waals surface area contributed by atoms with Crippen molar-refractivity contribution in [2.24, 2.45) is 0 Å². The fraction of sp³-hybridized carbons (Fsp3) is 0.154. The number of hydrogen-bond acceptors (Lipinski definition) is 0. The van der Waals surface area contributed by atoms with Crippen LogP contribution in [0.25, 0.3) is 0 Å². The summed E-state index contributed by atoms with van der Waals surface area (Å²) in [6, 6.07) is 16.4. The standard InChI is InChI=1S/C13H13ClN/c1-11(12-7-3-2-4-8-12)15-10-6-5-9-13(15)14/h2-11H,1H3/q+1. The third-order valence-corrected chi connectivity index (χ3v) is 2.86. The summed E-state index contributed by atoms with van der Waals surface area (Å²) in [5.74, 6) is 0. The Balaban J connectivity index is 2.37. The van der Waals surface area contributed by atoms with Crippen LogP contribution >= 0.6 is 11.6 Å². The average Bonchev–Trinajstić information content (AvgIpc) is 2.30. The molecule has 15 heavy (non-hydrogen) atoms. The van der Waals surface area contributed by atoms with Crippen molar-refractivity contribution in [3.63, 3.8) is 0 Å². The van der Waals surface area contributed by atoms with Gasteiger partial charge in [-0.1, -0.05) is 30.3 Å². The molecule has 76 valence electrons. The van der Waals surface area contributed by atoms with Gasteiger partial charge in [-0.15, -0.1) is 0 Å². The van der Waals surface area contributed by atoms with Gasteiger partial charge in [-0.25, -0.2) is 0 Å². The van der Waals surface area contributed by atoms with Gasteiger partial charge in [0.2, 0.25) is 0 Å². The predicted molar refractivity (Wildman–Crippen MR) is 61.9 cm³/mol. The van der Waals surface area contributed by atoms with Gasteiger partial charge in [0.25, 0.3) is 5.15 Å². The molecule has 2 heteroatoms. The molecule has 0 spiro atoms. The minimum atomic E-state index is 0.264. The van der Waals surface area contributed by atoms with E-state index in [1.165, 1.54) is 5.56 Å². The van der Waals surface area contributed by atoms with Crippen molar-refractivity contribution in [1.82, 2.24) is 0 Å². The number of hydrogen-bond donors (Lipinski definition) is 0. The Morgan fingerprint density at radius 1 is 1.00 bits per heavy atom. The zero-order chi connectivity index (χ0) is 10.7. The summed E-state index contributed by atoms with van der Waals surface area (Å²) in [6.45, 7) is 2.14. The van der Waals surface area contributed by atoms with E-state index in [1.54, 1.807) is 0 Å². The Morgan fingerprint density at radius 2 is 1.67 bits per heavy atom. The first kappa shape index (κ1) is 10.2. The predicted octanol–water partition coefficient (Wildman–Crippen LogP) is 3.24. The topological polar surface area (TPSA) is 3.88 Å². The number of benzene rings is 1. The smallest absolute Gasteiger partial charge is 0.182 e. The van der Waals surface area contributed by atoms with E-state index in [1.807, 2.05) is 42.6 Å². The van der Waals surface area contributed by atoms with Crippen LogP contribution in [-0.2, 0) is 0 Å². The largest absolute Gasteiger partial charge is 0.275 e. The Labute approximate surface area is 95.0 Å². The highest BCUT2D eigenvalue weighted by Crippen LogP contribution is 2.13. The van der Waals surface area contributed by atoms with E-state index < -0.39 is 0 Å². The summed E-state index contributed by atoms with van der Waals surface area (Å²) in [7, 11) is 0. The highest BCUT2D eigenvalue weighted by Gasteiger charge is 2.17. The lowest BCUT2D eigenvalue weighted by molar-refractivity contribution is -0.708. The maximum absolute atomic E-state index is 6.13. The average molecular weight is 219 g/mol. The molecule has 2 aromatic rings. The minimum Gasteiger partial charge on any atom is -0.182 e. The van der Waals surface area contributed by atoms with E-state index in [2.05, 4.69) is 23.6 Å². The summed E-state index contributed by atoms with van der Waals surface area (Å²) in [4.78, 5) is 0. The summed E-state index contributed by atoms with van der Waals surface area (Å²) in [5.41, 5.74) is 1.26. The Bertz CT molecular complexity index is 439. The van der Waals surface area contributed by atoms with Crippen LogP contribution in [0.15, 0.2) is 54.7 Å². The molecule has 0 saturated carbocycles. The zero-order valence-corrected chi connectivity index (χ0v) is 9.35. The number of halogens is 1. The van der Waals surface area contributed by atoms with Gasteiger partial charge in [-0.05, 0) is 17.7 Å². The van der Waals surface area contributed by atoms with Crippen LogP contribution in [-0.4, -0.2) is 0 Å². The molecule has 1 atom stereocenters. The molecule has 0 N–H and O–H groups in total. The fourth-order valence-electron chi connectivity index (χ4n) is 1.64. The second-order valence-corrected chi connectivity index (χ2v) is 3.90. The highest BCUT2D eigenvalue weighted by molar-refractivity contribution is 6.28. The van der Waals surface area contributed by atoms with Crippen molar-refractivity contribution >= 4 is 11.6 Å². The molecule has 0 aliphatic carbocycles. The first-order valence-corrected chi connectivity index (χ1v) is 5.37. The quantitative estimate of drug-likeness (QED) is 0.538. The second-order valence-electron chi connectivity index (χ2n) is 3.52. The van der Waals surface area contributed by atoms with Crippen LogP contribution in [0.4, 0.5) is 0 Å². The lowest BCUT2D eigenvalue weighted by atomic mass is 10.1. The van der Waals surface area contributed by atoms with Crippen LogP contribution in [0.2, 0.25) is 5.15 Å². The van der Waals surface area contributed by atoms with Crippen molar-refractivity contribution < 1.29 is 4.57 Å². The van der Waals surface area contributed by atoms with E-state index in [4.69, 9.17) is 11.6 Å². The molecule has 0 radical (unpaired) electrons. The Kier molecular flexibility index (Phi) is 3.02. The van der Waals surface area contributed by atoms with Crippen molar-refractivity contribution in [2.75, 3.05) is 0 Å². The number of nitrogens with zero attached hydrogens (tertiary/aromatic N) is 1. The zero-order valence-electron chi connectivity index (χ0n) is 8.60. The van der Waals surface area contributed by atoms with E-state index in [0.717, 1.165) is 5.15 Å². The molecule has 2 rings (SSSR count). The van der Waals surface area contributed by atoms with Crippen LogP contribution in [0.3, 0.4) is 0 Å². The molecule has 1 nitrogen and oxygen atoms in total. The van der Waals surface area contributed by atoms with Crippen molar-refractivity contribution in [3.05, 3.63) is 65.4 Å². The molecule has 0 amide bonds. The summed E-state index contributed by atoms with van der Waals surface area (Å²) in [6.07, 6.45) is 2.00. The highest BCUT2D eigenvalue weighted by atomic mass is 35.5. The van der Waals surface area contributed by atoms with E-state index in [9.17, 15) is 0 Å². The first-order chi connectivity index (χ1) is 7.29. The van der Waals surface area contributed by atoms with E-state index in [-0.39, 0.29) is 6.04 Å². The molecule has 1 aromatic heterocycles. The molecular weight excluding hydrogens is 206 g/mol. The van der Waals surface area contributed by atoms with Gasteiger partial charge in [0.1, 0.15) is 0 Å². The number of pyridine rings is 1. The maximum Gasteiger partial charge on any atom is 0.275 e. The maximum atomic E-state index is 6.13. The van der Waals surface area contributed by atoms with Crippen molar-refractivity contribution in [2.45, 2.75) is 13.0 Å². The number of aromatic nitrogens is 1. The van der Waals surface area contributed by atoms with Crippen molar-refractivity contribution in [3.8, 4) is 0 Å². The third-order valence-electron chi connectivity index (χ3n) is 2.54. The fourth-order valence-corrected chi connectivity index (χ4v) is 1.92. The van der Waals surface area contributed by atoms with Crippen LogP contribution in [0, 0.1) is 0 Å². The van der Waals surface area contributed by atoms with Gasteiger partial charge in [-0.3, -0.25) is 0 Å². The van der Waals surface area contributed by atoms with Gasteiger partial charge in [0.15, 0.2) is 12.2 Å². The molecular formula is C13H13ClN+. The molecule has 0 bridgehead atoms. The van der Waals surface area contributed by atoms with Gasteiger partial charge < -0.3 is 0 Å². The summed E-state index contributed by atoms with van der Waals surface area (Å²) in [5, 5.41) is 0.758. The Hall–Kier alpha value is -1.34. The van der Waals surface area contributed by atoms with Gasteiger partial charge in [-0.2, -0.15) is 4.57 Å². The summed E-state index contributed by atoms with van der Waals surface area (Å²) < 4.78 is 2.05. The molecule has 1 heterocycles. The Morgan fingerprint density at radius 3 is 2.33 bits per heavy atom. The van der Waals surface area contributed by atoms with E-state index in [0.29, 0.717) is 0 Å². The monoisotopic (exact) mass is 218 g/mol. The third kappa shape index (κ3) is 2.18. The summed E-state index contributed by atoms with van der Waals surface area (Å²) >= 11 is 6.13. The lowest BCUT2D eigenvalue weighted by Crippen LogP contribution is -2.39. The second kappa shape index (κ2) is 4.45. The SMILES string of the molecule is CC(c1ccccc1)[n+]1ccccc1Cl. The van der Waals surface area contributed by atoms with Crippen molar-refractivity contribution in [1.29, 1.82) is 0 Å². The molecule has 0 aliphatic rings. The first-order valence-electron chi connectivity index (χ1n) is 4.99. The van der Waals surface area contributed by atoms with Crippen LogP contribution in [0.1, 0.15) is 18.5 Å². The minimum absolute atomic E-state index is 0.264. The number of rotatable bonds is 2. The van der Waals surface area contributed by atoms with Gasteiger partial charge in [0.05, 0.1) is 0 Å². The van der Waals surface area contributed by atoms with E-state index >= 15 is 0 Å². The lowest BCUT2D eigenvalue weighted by Gasteiger charge is -2.07. The van der Waals surface area contributed by atoms with Gasteiger partial charge in [0, 0.05) is 24.6 Å². The molecule has 1 aromatic carbocycles. The van der Waals surface area contributed by atoms with Gasteiger partial charge >= 0.3 is 0 Å². The molecule has 0 aliphatic heterocycles.